The van der Waals surface area contributed by atoms with Crippen LogP contribution in [-0.2, 0) is 9.53 Å². The van der Waals surface area contributed by atoms with Gasteiger partial charge in [0.25, 0.3) is 0 Å². The van der Waals surface area contributed by atoms with Crippen LogP contribution < -0.4 is 0 Å². The number of likely N-dealkylation sites (tertiary alicyclic amines) is 1. The van der Waals surface area contributed by atoms with E-state index < -0.39 is 0 Å². The van der Waals surface area contributed by atoms with E-state index in [0.29, 0.717) is 18.4 Å². The summed E-state index contributed by atoms with van der Waals surface area (Å²) in [6.45, 7) is 4.42. The topological polar surface area (TPSA) is 29.5 Å². The van der Waals surface area contributed by atoms with Crippen LogP contribution in [0.25, 0.3) is 0 Å². The summed E-state index contributed by atoms with van der Waals surface area (Å²) < 4.78 is 4.66. The van der Waals surface area contributed by atoms with Crippen LogP contribution in [0.2, 0.25) is 0 Å². The lowest BCUT2D eigenvalue weighted by atomic mass is 9.91. The van der Waals surface area contributed by atoms with E-state index in [1.165, 1.54) is 12.7 Å². The van der Waals surface area contributed by atoms with Crippen molar-refractivity contribution >= 4 is 5.97 Å². The Labute approximate surface area is 109 Å². The van der Waals surface area contributed by atoms with Crippen LogP contribution in [0, 0.1) is 5.92 Å². The number of nitrogens with zero attached hydrogens (tertiary/aromatic N) is 1. The van der Waals surface area contributed by atoms with Gasteiger partial charge in [0.1, 0.15) is 0 Å². The van der Waals surface area contributed by atoms with Gasteiger partial charge in [0.05, 0.1) is 7.11 Å². The van der Waals surface area contributed by atoms with Crippen molar-refractivity contribution in [3.63, 3.8) is 0 Å². The molecule has 2 rings (SSSR count). The highest BCUT2D eigenvalue weighted by atomic mass is 16.5. The summed E-state index contributed by atoms with van der Waals surface area (Å²) in [6.07, 6.45) is 1.50. The van der Waals surface area contributed by atoms with Crippen molar-refractivity contribution in [2.75, 3.05) is 20.2 Å². The summed E-state index contributed by atoms with van der Waals surface area (Å²) in [4.78, 5) is 13.5. The molecule has 1 aliphatic heterocycles. The molecule has 1 aromatic rings. The monoisotopic (exact) mass is 247 g/mol. The van der Waals surface area contributed by atoms with Crippen LogP contribution in [0.3, 0.4) is 0 Å². The van der Waals surface area contributed by atoms with Gasteiger partial charge in [0, 0.05) is 25.6 Å². The average Bonchev–Trinajstić information content (AvgIpc) is 2.37. The molecule has 0 aromatic heterocycles. The Kier molecular flexibility index (Phi) is 4.37. The molecule has 0 saturated carbocycles. The lowest BCUT2D eigenvalue weighted by Crippen LogP contribution is -2.47. The molecule has 1 fully saturated rings. The molecule has 0 N–H and O–H groups in total. The number of hydrogen-bond acceptors (Lipinski definition) is 3. The van der Waals surface area contributed by atoms with Crippen LogP contribution in [0.4, 0.5) is 0 Å². The van der Waals surface area contributed by atoms with Gasteiger partial charge in [0.2, 0.25) is 0 Å². The molecule has 1 atom stereocenters. The molecule has 3 heteroatoms. The number of esters is 1. The van der Waals surface area contributed by atoms with Crippen LogP contribution >= 0.6 is 0 Å². The largest absolute Gasteiger partial charge is 0.469 e. The predicted molar refractivity (Wildman–Crippen MR) is 71.2 cm³/mol. The van der Waals surface area contributed by atoms with Gasteiger partial charge in [-0.2, -0.15) is 0 Å². The maximum absolute atomic E-state index is 11.1. The summed E-state index contributed by atoms with van der Waals surface area (Å²) in [5, 5.41) is 0. The first-order valence-corrected chi connectivity index (χ1v) is 6.56. The highest BCUT2D eigenvalue weighted by Crippen LogP contribution is 2.30. The van der Waals surface area contributed by atoms with E-state index in [1.54, 1.807) is 0 Å². The van der Waals surface area contributed by atoms with Gasteiger partial charge in [-0.15, -0.1) is 0 Å². The second-order valence-corrected chi connectivity index (χ2v) is 5.02. The number of carbonyl (C=O) groups excluding carboxylic acids is 1. The van der Waals surface area contributed by atoms with Crippen molar-refractivity contribution < 1.29 is 9.53 Å². The highest BCUT2D eigenvalue weighted by Gasteiger charge is 2.30. The molecule has 3 nitrogen and oxygen atoms in total. The molecule has 1 aliphatic rings. The summed E-state index contributed by atoms with van der Waals surface area (Å²) in [5.41, 5.74) is 1.36. The smallest absolute Gasteiger partial charge is 0.305 e. The van der Waals surface area contributed by atoms with Crippen molar-refractivity contribution in [1.29, 1.82) is 0 Å². The third kappa shape index (κ3) is 3.10. The molecule has 1 saturated heterocycles. The highest BCUT2D eigenvalue weighted by molar-refractivity contribution is 5.69. The van der Waals surface area contributed by atoms with E-state index in [-0.39, 0.29) is 5.97 Å². The minimum atomic E-state index is -0.0930. The minimum absolute atomic E-state index is 0.0930. The van der Waals surface area contributed by atoms with Gasteiger partial charge in [-0.3, -0.25) is 9.69 Å². The first kappa shape index (κ1) is 13.1. The Morgan fingerprint density at radius 3 is 2.67 bits per heavy atom. The van der Waals surface area contributed by atoms with E-state index in [2.05, 4.69) is 40.8 Å². The summed E-state index contributed by atoms with van der Waals surface area (Å²) in [7, 11) is 1.45. The van der Waals surface area contributed by atoms with Gasteiger partial charge in [-0.25, -0.2) is 0 Å². The maximum atomic E-state index is 11.1. The molecule has 1 heterocycles. The Morgan fingerprint density at radius 2 is 2.06 bits per heavy atom. The molecule has 0 aliphatic carbocycles. The molecule has 18 heavy (non-hydrogen) atoms. The van der Waals surface area contributed by atoms with Crippen LogP contribution in [0.15, 0.2) is 30.3 Å². The first-order valence-electron chi connectivity index (χ1n) is 6.56. The number of benzene rings is 1. The lowest BCUT2D eigenvalue weighted by molar-refractivity contribution is -0.141. The second-order valence-electron chi connectivity index (χ2n) is 5.02. The molecular weight excluding hydrogens is 226 g/mol. The molecule has 0 bridgehead atoms. The van der Waals surface area contributed by atoms with Gasteiger partial charge in [-0.05, 0) is 24.8 Å². The van der Waals surface area contributed by atoms with Crippen molar-refractivity contribution in [3.8, 4) is 0 Å². The SMILES string of the molecule is COC(=O)CCC1CN(C(C)c2ccccc2)C1. The van der Waals surface area contributed by atoms with E-state index in [9.17, 15) is 4.79 Å². The molecular formula is C15H21NO2. The summed E-state index contributed by atoms with van der Waals surface area (Å²) in [5.74, 6) is 0.555. The standard InChI is InChI=1S/C15H21NO2/c1-12(14-6-4-3-5-7-14)16-10-13(11-16)8-9-15(17)18-2/h3-7,12-13H,8-11H2,1-2H3. The van der Waals surface area contributed by atoms with Crippen LogP contribution in [0.1, 0.15) is 31.4 Å². The summed E-state index contributed by atoms with van der Waals surface area (Å²) >= 11 is 0. The predicted octanol–water partition coefficient (Wildman–Crippen LogP) is 2.63. The zero-order valence-electron chi connectivity index (χ0n) is 11.1. The van der Waals surface area contributed by atoms with Gasteiger partial charge >= 0.3 is 5.97 Å². The number of carbonyl (C=O) groups is 1. The fourth-order valence-corrected chi connectivity index (χ4v) is 2.48. The maximum Gasteiger partial charge on any atom is 0.305 e. The van der Waals surface area contributed by atoms with E-state index in [1.807, 2.05) is 6.07 Å². The van der Waals surface area contributed by atoms with E-state index in [4.69, 9.17) is 0 Å². The zero-order valence-corrected chi connectivity index (χ0v) is 11.1. The Morgan fingerprint density at radius 1 is 1.39 bits per heavy atom. The Hall–Kier alpha value is -1.35. The molecule has 1 unspecified atom stereocenters. The van der Waals surface area contributed by atoms with E-state index >= 15 is 0 Å². The lowest BCUT2D eigenvalue weighted by Gasteiger charge is -2.43. The fourth-order valence-electron chi connectivity index (χ4n) is 2.48. The Bertz CT molecular complexity index is 385. The van der Waals surface area contributed by atoms with Crippen molar-refractivity contribution in [3.05, 3.63) is 35.9 Å². The third-order valence-corrected chi connectivity index (χ3v) is 3.80. The molecule has 98 valence electrons. The van der Waals surface area contributed by atoms with Crippen LogP contribution in [-0.4, -0.2) is 31.1 Å². The number of ether oxygens (including phenoxy) is 1. The normalized spacial score (nSPS) is 18.1. The van der Waals surface area contributed by atoms with Gasteiger partial charge in [0.15, 0.2) is 0 Å². The number of methoxy groups -OCH3 is 1. The van der Waals surface area contributed by atoms with Crippen molar-refractivity contribution in [2.24, 2.45) is 5.92 Å². The molecule has 0 amide bonds. The Balaban J connectivity index is 1.74. The zero-order chi connectivity index (χ0) is 13.0. The quantitative estimate of drug-likeness (QED) is 0.749. The summed E-state index contributed by atoms with van der Waals surface area (Å²) in [6, 6.07) is 11.0. The molecule has 0 radical (unpaired) electrons. The van der Waals surface area contributed by atoms with Gasteiger partial charge in [-0.1, -0.05) is 30.3 Å². The van der Waals surface area contributed by atoms with Crippen LogP contribution in [0.5, 0.6) is 0 Å². The van der Waals surface area contributed by atoms with E-state index in [0.717, 1.165) is 19.5 Å². The molecule has 0 spiro atoms. The first-order chi connectivity index (χ1) is 8.70. The van der Waals surface area contributed by atoms with Crippen molar-refractivity contribution in [2.45, 2.75) is 25.8 Å². The second kappa shape index (κ2) is 6.01. The minimum Gasteiger partial charge on any atom is -0.469 e. The van der Waals surface area contributed by atoms with Crippen molar-refractivity contribution in [1.82, 2.24) is 4.90 Å². The average molecular weight is 247 g/mol. The third-order valence-electron chi connectivity index (χ3n) is 3.80. The van der Waals surface area contributed by atoms with Gasteiger partial charge < -0.3 is 4.74 Å². The number of hydrogen-bond donors (Lipinski definition) is 0. The fraction of sp³-hybridized carbons (Fsp3) is 0.533. The number of rotatable bonds is 5. The molecule has 1 aromatic carbocycles.